The van der Waals surface area contributed by atoms with E-state index in [1.54, 1.807) is 0 Å². The lowest BCUT2D eigenvalue weighted by Gasteiger charge is -2.36. The van der Waals surface area contributed by atoms with E-state index >= 15 is 0 Å². The molecule has 1 fully saturated rings. The highest BCUT2D eigenvalue weighted by Gasteiger charge is 2.30. The number of hydrogen-bond donors (Lipinski definition) is 1. The molecule has 0 atom stereocenters. The molecule has 1 N–H and O–H groups in total. The van der Waals surface area contributed by atoms with Gasteiger partial charge in [0.05, 0.1) is 5.69 Å². The molecule has 3 nitrogen and oxygen atoms in total. The van der Waals surface area contributed by atoms with Crippen molar-refractivity contribution in [3.05, 3.63) is 18.0 Å². The lowest BCUT2D eigenvalue weighted by atomic mass is 9.83. The average Bonchev–Trinajstić information content (AvgIpc) is 2.74. The molecule has 2 rings (SSSR count). The molecule has 0 amide bonds. The van der Waals surface area contributed by atoms with E-state index in [-0.39, 0.29) is 5.54 Å². The summed E-state index contributed by atoms with van der Waals surface area (Å²) in [4.78, 5) is 0. The van der Waals surface area contributed by atoms with Gasteiger partial charge in [0.15, 0.2) is 0 Å². The van der Waals surface area contributed by atoms with Crippen molar-refractivity contribution in [2.45, 2.75) is 44.2 Å². The first kappa shape index (κ1) is 11.9. The van der Waals surface area contributed by atoms with Crippen LogP contribution in [-0.4, -0.2) is 21.2 Å². The largest absolute Gasteiger partial charge is 0.304 e. The second-order valence-corrected chi connectivity index (χ2v) is 5.08. The number of aromatic nitrogens is 2. The molecule has 0 saturated heterocycles. The summed E-state index contributed by atoms with van der Waals surface area (Å²) >= 11 is 6.12. The molecule has 0 unspecified atom stereocenters. The molecule has 1 heterocycles. The van der Waals surface area contributed by atoms with Crippen molar-refractivity contribution in [3.8, 4) is 0 Å². The molecule has 0 aliphatic heterocycles. The second kappa shape index (κ2) is 5.19. The third-order valence-corrected chi connectivity index (χ3v) is 3.99. The van der Waals surface area contributed by atoms with Crippen molar-refractivity contribution >= 4 is 11.6 Å². The van der Waals surface area contributed by atoms with E-state index in [1.165, 1.54) is 32.1 Å². The zero-order valence-electron chi connectivity index (χ0n) is 9.88. The van der Waals surface area contributed by atoms with Crippen LogP contribution in [0.4, 0.5) is 0 Å². The van der Waals surface area contributed by atoms with Crippen LogP contribution in [0.5, 0.6) is 0 Å². The smallest absolute Gasteiger partial charge is 0.0762 e. The Balaban J connectivity index is 1.91. The number of rotatable bonds is 4. The number of alkyl halides is 1. The van der Waals surface area contributed by atoms with E-state index in [1.807, 2.05) is 17.9 Å². The molecule has 1 aliphatic carbocycles. The molecule has 0 bridgehead atoms. The highest BCUT2D eigenvalue weighted by molar-refractivity contribution is 6.18. The molecule has 0 radical (unpaired) electrons. The Morgan fingerprint density at radius 1 is 1.44 bits per heavy atom. The maximum Gasteiger partial charge on any atom is 0.0762 e. The lowest BCUT2D eigenvalue weighted by Crippen LogP contribution is -2.48. The third-order valence-electron chi connectivity index (χ3n) is 3.48. The monoisotopic (exact) mass is 241 g/mol. The Morgan fingerprint density at radius 3 is 2.75 bits per heavy atom. The van der Waals surface area contributed by atoms with Gasteiger partial charge >= 0.3 is 0 Å². The van der Waals surface area contributed by atoms with Gasteiger partial charge in [0.2, 0.25) is 0 Å². The summed E-state index contributed by atoms with van der Waals surface area (Å²) < 4.78 is 1.84. The molecule has 1 aromatic heterocycles. The molecular weight excluding hydrogens is 222 g/mol. The Labute approximate surface area is 102 Å². The number of halogens is 1. The van der Waals surface area contributed by atoms with Crippen molar-refractivity contribution in [2.75, 3.05) is 5.88 Å². The number of aryl methyl sites for hydroxylation is 1. The van der Waals surface area contributed by atoms with Gasteiger partial charge < -0.3 is 5.32 Å². The van der Waals surface area contributed by atoms with Gasteiger partial charge in [0.1, 0.15) is 0 Å². The zero-order valence-corrected chi connectivity index (χ0v) is 10.6. The topological polar surface area (TPSA) is 29.9 Å². The first-order chi connectivity index (χ1) is 7.74. The first-order valence-electron chi connectivity index (χ1n) is 6.04. The molecule has 90 valence electrons. The number of hydrogen-bond acceptors (Lipinski definition) is 2. The van der Waals surface area contributed by atoms with Crippen molar-refractivity contribution < 1.29 is 0 Å². The van der Waals surface area contributed by atoms with Crippen molar-refractivity contribution in [1.82, 2.24) is 15.1 Å². The maximum absolute atomic E-state index is 6.12. The van der Waals surface area contributed by atoms with E-state index < -0.39 is 0 Å². The Kier molecular flexibility index (Phi) is 3.87. The lowest BCUT2D eigenvalue weighted by molar-refractivity contribution is 0.255. The average molecular weight is 242 g/mol. The highest BCUT2D eigenvalue weighted by Crippen LogP contribution is 2.29. The SMILES string of the molecule is Cn1ccc(CNC2(CCl)CCCCC2)n1. The van der Waals surface area contributed by atoms with Crippen molar-refractivity contribution in [1.29, 1.82) is 0 Å². The summed E-state index contributed by atoms with van der Waals surface area (Å²) in [6, 6.07) is 2.05. The van der Waals surface area contributed by atoms with Crippen LogP contribution < -0.4 is 5.32 Å². The van der Waals surface area contributed by atoms with Gasteiger partial charge in [-0.2, -0.15) is 5.10 Å². The number of nitrogens with zero attached hydrogens (tertiary/aromatic N) is 2. The Morgan fingerprint density at radius 2 is 2.19 bits per heavy atom. The van der Waals surface area contributed by atoms with Crippen LogP contribution >= 0.6 is 11.6 Å². The van der Waals surface area contributed by atoms with Crippen LogP contribution in [0, 0.1) is 0 Å². The predicted molar refractivity (Wildman–Crippen MR) is 66.6 cm³/mol. The van der Waals surface area contributed by atoms with E-state index in [4.69, 9.17) is 11.6 Å². The maximum atomic E-state index is 6.12. The first-order valence-corrected chi connectivity index (χ1v) is 6.57. The molecule has 1 aromatic rings. The van der Waals surface area contributed by atoms with Crippen molar-refractivity contribution in [3.63, 3.8) is 0 Å². The zero-order chi connectivity index (χ0) is 11.4. The van der Waals surface area contributed by atoms with Crippen LogP contribution in [-0.2, 0) is 13.6 Å². The van der Waals surface area contributed by atoms with Gasteiger partial charge in [-0.3, -0.25) is 4.68 Å². The third kappa shape index (κ3) is 2.77. The predicted octanol–water partition coefficient (Wildman–Crippen LogP) is 2.45. The van der Waals surface area contributed by atoms with Crippen LogP contribution in [0.15, 0.2) is 12.3 Å². The van der Waals surface area contributed by atoms with E-state index in [9.17, 15) is 0 Å². The van der Waals surface area contributed by atoms with Gasteiger partial charge in [0, 0.05) is 31.2 Å². The Bertz CT molecular complexity index is 329. The van der Waals surface area contributed by atoms with Crippen LogP contribution in [0.25, 0.3) is 0 Å². The van der Waals surface area contributed by atoms with E-state index in [0.717, 1.165) is 12.2 Å². The fourth-order valence-corrected chi connectivity index (χ4v) is 2.78. The van der Waals surface area contributed by atoms with Crippen LogP contribution in [0.3, 0.4) is 0 Å². The summed E-state index contributed by atoms with van der Waals surface area (Å²) in [6.45, 7) is 0.827. The summed E-state index contributed by atoms with van der Waals surface area (Å²) in [5.41, 5.74) is 1.25. The molecule has 16 heavy (non-hydrogen) atoms. The summed E-state index contributed by atoms with van der Waals surface area (Å²) in [5, 5.41) is 7.98. The van der Waals surface area contributed by atoms with Crippen LogP contribution in [0.1, 0.15) is 37.8 Å². The molecule has 1 saturated carbocycles. The minimum absolute atomic E-state index is 0.150. The molecule has 4 heteroatoms. The molecule has 0 spiro atoms. The Hall–Kier alpha value is -0.540. The van der Waals surface area contributed by atoms with Gasteiger partial charge in [0.25, 0.3) is 0 Å². The van der Waals surface area contributed by atoms with Gasteiger partial charge in [-0.1, -0.05) is 19.3 Å². The number of nitrogens with one attached hydrogen (secondary N) is 1. The normalized spacial score (nSPS) is 19.9. The van der Waals surface area contributed by atoms with E-state index in [2.05, 4.69) is 16.5 Å². The van der Waals surface area contributed by atoms with Gasteiger partial charge in [-0.05, 0) is 18.9 Å². The van der Waals surface area contributed by atoms with Gasteiger partial charge in [-0.15, -0.1) is 11.6 Å². The highest BCUT2D eigenvalue weighted by atomic mass is 35.5. The minimum atomic E-state index is 0.150. The fourth-order valence-electron chi connectivity index (χ4n) is 2.42. The minimum Gasteiger partial charge on any atom is -0.304 e. The van der Waals surface area contributed by atoms with Crippen LogP contribution in [0.2, 0.25) is 0 Å². The van der Waals surface area contributed by atoms with Gasteiger partial charge in [-0.25, -0.2) is 0 Å². The second-order valence-electron chi connectivity index (χ2n) is 4.81. The molecule has 1 aliphatic rings. The molecular formula is C12H20ClN3. The summed E-state index contributed by atoms with van der Waals surface area (Å²) in [7, 11) is 1.95. The summed E-state index contributed by atoms with van der Waals surface area (Å²) in [5.74, 6) is 0.708. The van der Waals surface area contributed by atoms with E-state index in [0.29, 0.717) is 5.88 Å². The quantitative estimate of drug-likeness (QED) is 0.821. The van der Waals surface area contributed by atoms with Crippen molar-refractivity contribution in [2.24, 2.45) is 7.05 Å². The fraction of sp³-hybridized carbons (Fsp3) is 0.750. The molecule has 0 aromatic carbocycles. The summed E-state index contributed by atoms with van der Waals surface area (Å²) in [6.07, 6.45) is 8.31. The standard InChI is InChI=1S/C12H20ClN3/c1-16-8-5-11(15-16)9-14-12(10-13)6-3-2-4-7-12/h5,8,14H,2-4,6-7,9-10H2,1H3.